The van der Waals surface area contributed by atoms with Crippen LogP contribution in [0.1, 0.15) is 29.8 Å². The zero-order valence-corrected chi connectivity index (χ0v) is 19.2. The number of rotatable bonds is 7. The first-order valence-corrected chi connectivity index (χ1v) is 11.0. The van der Waals surface area contributed by atoms with Crippen molar-refractivity contribution < 1.29 is 14.6 Å². The second-order valence-electron chi connectivity index (χ2n) is 8.16. The van der Waals surface area contributed by atoms with Gasteiger partial charge in [-0.05, 0) is 49.7 Å². The Kier molecular flexibility index (Phi) is 6.62. The van der Waals surface area contributed by atoms with Crippen molar-refractivity contribution >= 4 is 40.5 Å². The summed E-state index contributed by atoms with van der Waals surface area (Å²) in [4.78, 5) is 14.4. The Labute approximate surface area is 196 Å². The smallest absolute Gasteiger partial charge is 0.256 e. The fraction of sp³-hybridized carbons (Fsp3) is 0.304. The number of halogens is 1. The number of morpholine rings is 1. The summed E-state index contributed by atoms with van der Waals surface area (Å²) < 4.78 is 5.80. The number of H-pyrrole nitrogens is 1. The normalized spacial score (nSPS) is 18.2. The third-order valence-corrected chi connectivity index (χ3v) is 5.69. The lowest BCUT2D eigenvalue weighted by molar-refractivity contribution is -0.00521. The molecule has 6 N–H and O–H groups in total. The molecule has 10 heteroatoms. The Morgan fingerprint density at radius 1 is 1.24 bits per heavy atom. The highest BCUT2D eigenvalue weighted by molar-refractivity contribution is 6.33. The van der Waals surface area contributed by atoms with E-state index in [1.807, 2.05) is 26.0 Å². The van der Waals surface area contributed by atoms with Gasteiger partial charge in [0, 0.05) is 25.3 Å². The van der Waals surface area contributed by atoms with Gasteiger partial charge < -0.3 is 31.1 Å². The first-order chi connectivity index (χ1) is 15.8. The molecule has 0 bridgehead atoms. The van der Waals surface area contributed by atoms with E-state index in [4.69, 9.17) is 22.1 Å². The highest BCUT2D eigenvalue weighted by Gasteiger charge is 2.24. The van der Waals surface area contributed by atoms with Gasteiger partial charge in [0.2, 0.25) is 0 Å². The monoisotopic (exact) mass is 470 g/mol. The summed E-state index contributed by atoms with van der Waals surface area (Å²) in [5, 5.41) is 23.3. The van der Waals surface area contributed by atoms with E-state index >= 15 is 0 Å². The lowest BCUT2D eigenvalue weighted by Gasteiger charge is -2.37. The number of hydrogen-bond donors (Lipinski definition) is 5. The number of ether oxygens (including phenoxy) is 1. The molecule has 4 rings (SSSR count). The van der Waals surface area contributed by atoms with E-state index < -0.39 is 5.91 Å². The number of amides is 1. The van der Waals surface area contributed by atoms with Crippen LogP contribution in [0, 0.1) is 0 Å². The van der Waals surface area contributed by atoms with Gasteiger partial charge in [0.15, 0.2) is 5.82 Å². The number of carbonyl (C=O) groups excluding carboxylic acids is 1. The molecule has 2 heterocycles. The van der Waals surface area contributed by atoms with Gasteiger partial charge in [-0.15, -0.1) is 0 Å². The second-order valence-corrected chi connectivity index (χ2v) is 8.57. The number of carbonyl (C=O) groups is 1. The van der Waals surface area contributed by atoms with Gasteiger partial charge in [0.1, 0.15) is 17.1 Å². The minimum absolute atomic E-state index is 0.122. The highest BCUT2D eigenvalue weighted by atomic mass is 35.5. The molecule has 2 atom stereocenters. The molecule has 1 aliphatic rings. The summed E-state index contributed by atoms with van der Waals surface area (Å²) in [5.74, 6) is 0.260. The number of nitrogens with two attached hydrogens (primary N) is 1. The number of aromatic nitrogens is 2. The predicted molar refractivity (Wildman–Crippen MR) is 129 cm³/mol. The molecule has 33 heavy (non-hydrogen) atoms. The van der Waals surface area contributed by atoms with E-state index in [-0.39, 0.29) is 23.5 Å². The van der Waals surface area contributed by atoms with Crippen LogP contribution in [0.15, 0.2) is 42.5 Å². The van der Waals surface area contributed by atoms with Crippen LogP contribution in [-0.2, 0) is 11.3 Å². The molecular weight excluding hydrogens is 444 g/mol. The van der Waals surface area contributed by atoms with E-state index in [9.17, 15) is 9.90 Å². The topological polar surface area (TPSA) is 129 Å². The maximum absolute atomic E-state index is 12.1. The maximum Gasteiger partial charge on any atom is 0.256 e. The summed E-state index contributed by atoms with van der Waals surface area (Å²) >= 11 is 6.59. The van der Waals surface area contributed by atoms with Crippen LogP contribution in [0.3, 0.4) is 0 Å². The number of nitrogens with zero attached hydrogens (tertiary/aromatic N) is 2. The van der Waals surface area contributed by atoms with E-state index in [0.717, 1.165) is 24.3 Å². The zero-order valence-electron chi connectivity index (χ0n) is 18.4. The van der Waals surface area contributed by atoms with E-state index in [2.05, 4.69) is 25.7 Å². The number of anilines is 4. The summed E-state index contributed by atoms with van der Waals surface area (Å²) in [6.07, 6.45) is 0.245. The molecule has 0 unspecified atom stereocenters. The van der Waals surface area contributed by atoms with Crippen LogP contribution < -0.4 is 21.3 Å². The van der Waals surface area contributed by atoms with Gasteiger partial charge in [-0.3, -0.25) is 9.89 Å². The standard InChI is InChI=1S/C23H27ClN6O3/c1-13-11-30(12-14(2)33-13)19-8-5-16(9-18(19)24)27-23-20(21(25)32)22(28-29-23)26-10-15-3-6-17(31)7-4-15/h3-9,13-14,31H,10-12H2,1-2H3,(H2,25,32)(H3,26,27,28,29)/t13-,14+. The minimum atomic E-state index is -0.626. The fourth-order valence-electron chi connectivity index (χ4n) is 3.96. The summed E-state index contributed by atoms with van der Waals surface area (Å²) in [6.45, 7) is 6.03. The number of hydrogen-bond acceptors (Lipinski definition) is 7. The van der Waals surface area contributed by atoms with Gasteiger partial charge in [0.05, 0.1) is 22.9 Å². The molecule has 3 aromatic rings. The van der Waals surface area contributed by atoms with Crippen molar-refractivity contribution in [1.82, 2.24) is 10.2 Å². The number of primary amides is 1. The molecule has 0 spiro atoms. The summed E-state index contributed by atoms with van der Waals surface area (Å²) in [7, 11) is 0. The predicted octanol–water partition coefficient (Wildman–Crippen LogP) is 3.84. The summed E-state index contributed by atoms with van der Waals surface area (Å²) in [6, 6.07) is 12.4. The van der Waals surface area contributed by atoms with Crippen LogP contribution in [0.25, 0.3) is 0 Å². The number of aromatic amines is 1. The minimum Gasteiger partial charge on any atom is -0.508 e. The average molecular weight is 471 g/mol. The largest absolute Gasteiger partial charge is 0.508 e. The number of benzene rings is 2. The van der Waals surface area contributed by atoms with Gasteiger partial charge in [-0.1, -0.05) is 23.7 Å². The van der Waals surface area contributed by atoms with E-state index in [1.165, 1.54) is 0 Å². The van der Waals surface area contributed by atoms with Gasteiger partial charge in [-0.25, -0.2) is 0 Å². The first-order valence-electron chi connectivity index (χ1n) is 10.7. The molecule has 1 aromatic heterocycles. The van der Waals surface area contributed by atoms with Crippen molar-refractivity contribution in [2.75, 3.05) is 28.6 Å². The molecule has 1 saturated heterocycles. The molecule has 2 aromatic carbocycles. The van der Waals surface area contributed by atoms with Crippen molar-refractivity contribution in [2.45, 2.75) is 32.6 Å². The molecule has 1 amide bonds. The molecular formula is C23H27ClN6O3. The lowest BCUT2D eigenvalue weighted by Crippen LogP contribution is -2.45. The van der Waals surface area contributed by atoms with Crippen molar-refractivity contribution in [3.05, 3.63) is 58.6 Å². The first kappa shape index (κ1) is 22.8. The average Bonchev–Trinajstić information content (AvgIpc) is 3.15. The van der Waals surface area contributed by atoms with Gasteiger partial charge in [-0.2, -0.15) is 5.10 Å². The number of nitrogens with one attached hydrogen (secondary N) is 3. The molecule has 1 fully saturated rings. The number of aromatic hydroxyl groups is 1. The zero-order chi connectivity index (χ0) is 23.5. The fourth-order valence-corrected chi connectivity index (χ4v) is 4.26. The molecule has 0 aliphatic carbocycles. The molecule has 174 valence electrons. The third-order valence-electron chi connectivity index (χ3n) is 5.39. The van der Waals surface area contributed by atoms with Crippen molar-refractivity contribution in [2.24, 2.45) is 5.73 Å². The molecule has 0 radical (unpaired) electrons. The summed E-state index contributed by atoms with van der Waals surface area (Å²) in [5.41, 5.74) is 8.36. The number of phenols is 1. The van der Waals surface area contributed by atoms with E-state index in [1.54, 1.807) is 30.3 Å². The molecule has 9 nitrogen and oxygen atoms in total. The van der Waals surface area contributed by atoms with Crippen LogP contribution in [0.4, 0.5) is 23.0 Å². The molecule has 0 saturated carbocycles. The number of phenolic OH excluding ortho intramolecular Hbond substituents is 1. The second kappa shape index (κ2) is 9.60. The quantitative estimate of drug-likeness (QED) is 0.355. The lowest BCUT2D eigenvalue weighted by atomic mass is 10.2. The molecule has 1 aliphatic heterocycles. The Morgan fingerprint density at radius 2 is 1.94 bits per heavy atom. The van der Waals surface area contributed by atoms with Crippen LogP contribution in [0.5, 0.6) is 5.75 Å². The van der Waals surface area contributed by atoms with Crippen LogP contribution >= 0.6 is 11.6 Å². The van der Waals surface area contributed by atoms with Crippen molar-refractivity contribution in [3.8, 4) is 5.75 Å². The van der Waals surface area contributed by atoms with Crippen LogP contribution in [-0.4, -0.2) is 46.5 Å². The van der Waals surface area contributed by atoms with Crippen LogP contribution in [0.2, 0.25) is 5.02 Å². The van der Waals surface area contributed by atoms with Crippen molar-refractivity contribution in [1.29, 1.82) is 0 Å². The maximum atomic E-state index is 12.1. The van der Waals surface area contributed by atoms with E-state index in [0.29, 0.717) is 28.9 Å². The van der Waals surface area contributed by atoms with Gasteiger partial charge in [0.25, 0.3) is 5.91 Å². The Bertz CT molecular complexity index is 1120. The van der Waals surface area contributed by atoms with Gasteiger partial charge >= 0.3 is 0 Å². The third kappa shape index (κ3) is 5.32. The SMILES string of the molecule is C[C@@H]1CN(c2ccc(Nc3n[nH]c(NCc4ccc(O)cc4)c3C(N)=O)cc2Cl)C[C@H](C)O1. The Morgan fingerprint density at radius 3 is 2.58 bits per heavy atom. The Balaban J connectivity index is 1.50. The Hall–Kier alpha value is -3.43. The van der Waals surface area contributed by atoms with Crippen molar-refractivity contribution in [3.63, 3.8) is 0 Å². The highest BCUT2D eigenvalue weighted by Crippen LogP contribution is 2.33.